The second kappa shape index (κ2) is 7.41. The predicted octanol–water partition coefficient (Wildman–Crippen LogP) is 5.85. The number of hydrogen-bond acceptors (Lipinski definition) is 2. The SMILES string of the molecule is O=c1c2ccccc2nc(C=Cc2ccc(F)cc2)n1-c1cccc2ccccc12. The monoisotopic (exact) mass is 392 g/mol. The molecular formula is C26H17FN2O. The van der Waals surface area contributed by atoms with Crippen LogP contribution in [0.15, 0.2) is 95.8 Å². The van der Waals surface area contributed by atoms with Crippen molar-refractivity contribution in [1.82, 2.24) is 9.55 Å². The van der Waals surface area contributed by atoms with Gasteiger partial charge in [0.15, 0.2) is 0 Å². The molecule has 0 aliphatic heterocycles. The maximum absolute atomic E-state index is 13.5. The zero-order valence-electron chi connectivity index (χ0n) is 16.0. The second-order valence-electron chi connectivity index (χ2n) is 7.01. The highest BCUT2D eigenvalue weighted by atomic mass is 19.1. The molecular weight excluding hydrogens is 375 g/mol. The van der Waals surface area contributed by atoms with Crippen LogP contribution in [0.4, 0.5) is 4.39 Å². The maximum atomic E-state index is 13.5. The Hall–Kier alpha value is -4.05. The third kappa shape index (κ3) is 3.18. The van der Waals surface area contributed by atoms with E-state index in [9.17, 15) is 9.18 Å². The minimum Gasteiger partial charge on any atom is -0.268 e. The average Bonchev–Trinajstić information content (AvgIpc) is 2.79. The normalized spacial score (nSPS) is 11.5. The summed E-state index contributed by atoms with van der Waals surface area (Å²) in [4.78, 5) is 18.2. The van der Waals surface area contributed by atoms with E-state index in [1.165, 1.54) is 12.1 Å². The highest BCUT2D eigenvalue weighted by molar-refractivity contribution is 5.91. The molecule has 0 amide bonds. The number of nitrogens with zero attached hydrogens (tertiary/aromatic N) is 2. The van der Waals surface area contributed by atoms with E-state index in [1.807, 2.05) is 66.7 Å². The van der Waals surface area contributed by atoms with E-state index in [-0.39, 0.29) is 11.4 Å². The van der Waals surface area contributed by atoms with Gasteiger partial charge in [0, 0.05) is 5.39 Å². The third-order valence-corrected chi connectivity index (χ3v) is 5.10. The van der Waals surface area contributed by atoms with Crippen molar-refractivity contribution >= 4 is 33.8 Å². The van der Waals surface area contributed by atoms with E-state index >= 15 is 0 Å². The largest absolute Gasteiger partial charge is 0.268 e. The molecule has 0 saturated heterocycles. The van der Waals surface area contributed by atoms with Gasteiger partial charge in [-0.1, -0.05) is 66.7 Å². The van der Waals surface area contributed by atoms with E-state index in [1.54, 1.807) is 28.8 Å². The molecule has 0 N–H and O–H groups in total. The van der Waals surface area contributed by atoms with Crippen molar-refractivity contribution < 1.29 is 4.39 Å². The molecule has 0 unspecified atom stereocenters. The minimum atomic E-state index is -0.288. The van der Waals surface area contributed by atoms with Crippen LogP contribution < -0.4 is 5.56 Å². The molecule has 0 bridgehead atoms. The van der Waals surface area contributed by atoms with Gasteiger partial charge >= 0.3 is 0 Å². The molecule has 0 aliphatic rings. The lowest BCUT2D eigenvalue weighted by molar-refractivity contribution is 0.628. The lowest BCUT2D eigenvalue weighted by Gasteiger charge is -2.14. The molecule has 0 radical (unpaired) electrons. The highest BCUT2D eigenvalue weighted by Gasteiger charge is 2.13. The minimum absolute atomic E-state index is 0.129. The summed E-state index contributed by atoms with van der Waals surface area (Å²) in [5.74, 6) is 0.225. The fourth-order valence-electron chi connectivity index (χ4n) is 3.64. The van der Waals surface area contributed by atoms with Crippen LogP contribution in [0.3, 0.4) is 0 Å². The Morgan fingerprint density at radius 1 is 0.733 bits per heavy atom. The smallest absolute Gasteiger partial charge is 0.266 e. The second-order valence-corrected chi connectivity index (χ2v) is 7.01. The fraction of sp³-hybridized carbons (Fsp3) is 0. The Balaban J connectivity index is 1.79. The van der Waals surface area contributed by atoms with Crippen molar-refractivity contribution in [2.45, 2.75) is 0 Å². The standard InChI is InChI=1S/C26H17FN2O/c27-20-15-12-18(13-16-20)14-17-25-28-23-10-4-3-9-22(23)26(30)29(25)24-11-5-7-19-6-1-2-8-21(19)24/h1-17H. The van der Waals surface area contributed by atoms with Crippen LogP contribution in [0.1, 0.15) is 11.4 Å². The predicted molar refractivity (Wildman–Crippen MR) is 120 cm³/mol. The first-order chi connectivity index (χ1) is 14.7. The average molecular weight is 392 g/mol. The van der Waals surface area contributed by atoms with Gasteiger partial charge in [-0.2, -0.15) is 0 Å². The summed E-state index contributed by atoms with van der Waals surface area (Å²) in [6.07, 6.45) is 3.63. The lowest BCUT2D eigenvalue weighted by Crippen LogP contribution is -2.22. The first kappa shape index (κ1) is 18.0. The molecule has 30 heavy (non-hydrogen) atoms. The third-order valence-electron chi connectivity index (χ3n) is 5.10. The van der Waals surface area contributed by atoms with Crippen molar-refractivity contribution in [2.75, 3.05) is 0 Å². The Morgan fingerprint density at radius 3 is 2.27 bits per heavy atom. The van der Waals surface area contributed by atoms with Gasteiger partial charge in [-0.3, -0.25) is 9.36 Å². The summed E-state index contributed by atoms with van der Waals surface area (Å²) in [5.41, 5.74) is 2.10. The van der Waals surface area contributed by atoms with Gasteiger partial charge in [0.25, 0.3) is 5.56 Å². The molecule has 0 fully saturated rings. The van der Waals surface area contributed by atoms with Crippen LogP contribution in [0.25, 0.3) is 39.5 Å². The van der Waals surface area contributed by atoms with Crippen molar-refractivity contribution in [3.05, 3.63) is 119 Å². The Labute approximate surface area is 172 Å². The van der Waals surface area contributed by atoms with Crippen molar-refractivity contribution in [2.24, 2.45) is 0 Å². The number of benzene rings is 4. The first-order valence-electron chi connectivity index (χ1n) is 9.64. The van der Waals surface area contributed by atoms with E-state index < -0.39 is 0 Å². The van der Waals surface area contributed by atoms with Gasteiger partial charge < -0.3 is 0 Å². The summed E-state index contributed by atoms with van der Waals surface area (Å²) in [6.45, 7) is 0. The van der Waals surface area contributed by atoms with Gasteiger partial charge in [0.05, 0.1) is 16.6 Å². The number of rotatable bonds is 3. The van der Waals surface area contributed by atoms with E-state index in [4.69, 9.17) is 4.98 Å². The maximum Gasteiger partial charge on any atom is 0.266 e. The van der Waals surface area contributed by atoms with Crippen molar-refractivity contribution in [3.8, 4) is 5.69 Å². The Morgan fingerprint density at radius 2 is 1.43 bits per heavy atom. The zero-order valence-corrected chi connectivity index (χ0v) is 16.0. The molecule has 0 atom stereocenters. The number of para-hydroxylation sites is 1. The van der Waals surface area contributed by atoms with E-state index in [0.717, 1.165) is 22.0 Å². The molecule has 0 aliphatic carbocycles. The first-order valence-corrected chi connectivity index (χ1v) is 9.64. The lowest BCUT2D eigenvalue weighted by atomic mass is 10.1. The Bertz CT molecular complexity index is 1460. The van der Waals surface area contributed by atoms with E-state index in [2.05, 4.69) is 0 Å². The van der Waals surface area contributed by atoms with Crippen LogP contribution in [0.2, 0.25) is 0 Å². The van der Waals surface area contributed by atoms with Gasteiger partial charge in [-0.05, 0) is 47.4 Å². The highest BCUT2D eigenvalue weighted by Crippen LogP contribution is 2.23. The molecule has 5 rings (SSSR count). The summed E-state index contributed by atoms with van der Waals surface area (Å²) < 4.78 is 14.9. The van der Waals surface area contributed by atoms with Crippen LogP contribution >= 0.6 is 0 Å². The molecule has 1 heterocycles. The van der Waals surface area contributed by atoms with Crippen LogP contribution in [-0.2, 0) is 0 Å². The van der Waals surface area contributed by atoms with Gasteiger partial charge in [-0.15, -0.1) is 0 Å². The van der Waals surface area contributed by atoms with Gasteiger partial charge in [0.1, 0.15) is 11.6 Å². The Kier molecular flexibility index (Phi) is 4.45. The molecule has 0 spiro atoms. The number of hydrogen-bond donors (Lipinski definition) is 0. The molecule has 144 valence electrons. The number of halogens is 1. The molecule has 3 nitrogen and oxygen atoms in total. The summed E-state index contributed by atoms with van der Waals surface area (Å²) in [7, 11) is 0. The summed E-state index contributed by atoms with van der Waals surface area (Å²) >= 11 is 0. The summed E-state index contributed by atoms with van der Waals surface area (Å²) in [6, 6.07) is 27.4. The molecule has 5 aromatic rings. The zero-order chi connectivity index (χ0) is 20.5. The molecule has 1 aromatic heterocycles. The fourth-order valence-corrected chi connectivity index (χ4v) is 3.64. The van der Waals surface area contributed by atoms with Crippen molar-refractivity contribution in [1.29, 1.82) is 0 Å². The molecule has 4 aromatic carbocycles. The van der Waals surface area contributed by atoms with Crippen LogP contribution in [0, 0.1) is 5.82 Å². The van der Waals surface area contributed by atoms with E-state index in [0.29, 0.717) is 16.7 Å². The molecule has 4 heteroatoms. The van der Waals surface area contributed by atoms with Crippen LogP contribution in [-0.4, -0.2) is 9.55 Å². The quantitative estimate of drug-likeness (QED) is 0.386. The van der Waals surface area contributed by atoms with Gasteiger partial charge in [-0.25, -0.2) is 9.37 Å². The summed E-state index contributed by atoms with van der Waals surface area (Å²) in [5, 5.41) is 2.57. The van der Waals surface area contributed by atoms with Crippen molar-refractivity contribution in [3.63, 3.8) is 0 Å². The molecule has 0 saturated carbocycles. The number of aromatic nitrogens is 2. The number of fused-ring (bicyclic) bond motifs is 2. The van der Waals surface area contributed by atoms with Gasteiger partial charge in [0.2, 0.25) is 0 Å². The van der Waals surface area contributed by atoms with Crippen LogP contribution in [0.5, 0.6) is 0 Å². The topological polar surface area (TPSA) is 34.9 Å².